The molecule has 5 nitrogen and oxygen atoms in total. The van der Waals surface area contributed by atoms with Gasteiger partial charge in [-0.1, -0.05) is 11.8 Å². The van der Waals surface area contributed by atoms with Gasteiger partial charge in [-0.25, -0.2) is 9.50 Å². The second-order valence-corrected chi connectivity index (χ2v) is 5.83. The van der Waals surface area contributed by atoms with E-state index in [0.717, 1.165) is 16.8 Å². The second kappa shape index (κ2) is 5.24. The van der Waals surface area contributed by atoms with Crippen molar-refractivity contribution in [1.29, 1.82) is 0 Å². The Labute approximate surface area is 111 Å². The molecule has 96 valence electrons. The summed E-state index contributed by atoms with van der Waals surface area (Å²) in [6, 6.07) is 1.87. The van der Waals surface area contributed by atoms with E-state index in [4.69, 9.17) is 0 Å². The summed E-state index contributed by atoms with van der Waals surface area (Å²) in [5, 5.41) is 5.24. The molecule has 3 heterocycles. The average molecular weight is 263 g/mol. The number of aromatic nitrogens is 4. The van der Waals surface area contributed by atoms with Crippen LogP contribution in [0.4, 0.5) is 0 Å². The third-order valence-corrected chi connectivity index (χ3v) is 4.34. The molecule has 0 bridgehead atoms. The van der Waals surface area contributed by atoms with Crippen LogP contribution in [0.5, 0.6) is 0 Å². The van der Waals surface area contributed by atoms with E-state index in [2.05, 4.69) is 27.0 Å². The summed E-state index contributed by atoms with van der Waals surface area (Å²) >= 11 is 1.74. The summed E-state index contributed by atoms with van der Waals surface area (Å²) < 4.78 is 1.73. The zero-order chi connectivity index (χ0) is 12.4. The van der Waals surface area contributed by atoms with E-state index in [1.54, 1.807) is 22.5 Å². The lowest BCUT2D eigenvalue weighted by atomic mass is 10.0. The van der Waals surface area contributed by atoms with Crippen molar-refractivity contribution in [1.82, 2.24) is 24.5 Å². The van der Waals surface area contributed by atoms with Crippen molar-refractivity contribution in [2.75, 3.05) is 25.9 Å². The zero-order valence-corrected chi connectivity index (χ0v) is 11.3. The highest BCUT2D eigenvalue weighted by Crippen LogP contribution is 2.23. The molecule has 1 aliphatic heterocycles. The van der Waals surface area contributed by atoms with Gasteiger partial charge in [-0.2, -0.15) is 4.98 Å². The maximum Gasteiger partial charge on any atom is 0.253 e. The van der Waals surface area contributed by atoms with E-state index in [0.29, 0.717) is 5.78 Å². The number of piperidine rings is 1. The maximum atomic E-state index is 4.41. The molecule has 1 saturated heterocycles. The molecule has 1 fully saturated rings. The van der Waals surface area contributed by atoms with Crippen LogP contribution in [0.15, 0.2) is 23.6 Å². The van der Waals surface area contributed by atoms with Crippen molar-refractivity contribution < 1.29 is 0 Å². The number of thioether (sulfide) groups is 1. The molecule has 0 saturated carbocycles. The predicted octanol–water partition coefficient (Wildman–Crippen LogP) is 1.56. The Morgan fingerprint density at radius 1 is 1.50 bits per heavy atom. The van der Waals surface area contributed by atoms with Gasteiger partial charge in [0.2, 0.25) is 5.16 Å². The number of likely N-dealkylation sites (tertiary alicyclic amines) is 1. The summed E-state index contributed by atoms with van der Waals surface area (Å²) in [5.74, 6) is 2.54. The Balaban J connectivity index is 1.62. The Morgan fingerprint density at radius 2 is 2.44 bits per heavy atom. The van der Waals surface area contributed by atoms with Crippen molar-refractivity contribution in [3.05, 3.63) is 18.5 Å². The summed E-state index contributed by atoms with van der Waals surface area (Å²) in [4.78, 5) is 11.0. The quantitative estimate of drug-likeness (QED) is 0.786. The van der Waals surface area contributed by atoms with Gasteiger partial charge in [0.05, 0.1) is 0 Å². The first kappa shape index (κ1) is 11.9. The molecule has 1 atom stereocenters. The molecule has 18 heavy (non-hydrogen) atoms. The van der Waals surface area contributed by atoms with Crippen LogP contribution in [0.2, 0.25) is 0 Å². The Bertz CT molecular complexity index is 493. The van der Waals surface area contributed by atoms with Gasteiger partial charge in [-0.15, -0.1) is 5.10 Å². The Morgan fingerprint density at radius 3 is 3.28 bits per heavy atom. The van der Waals surface area contributed by atoms with Gasteiger partial charge >= 0.3 is 0 Å². The van der Waals surface area contributed by atoms with Gasteiger partial charge < -0.3 is 4.90 Å². The summed E-state index contributed by atoms with van der Waals surface area (Å²) in [6.45, 7) is 2.43. The number of hydrogen-bond acceptors (Lipinski definition) is 5. The highest BCUT2D eigenvalue weighted by Gasteiger charge is 2.18. The van der Waals surface area contributed by atoms with Gasteiger partial charge in [-0.05, 0) is 38.4 Å². The van der Waals surface area contributed by atoms with Gasteiger partial charge in [-0.3, -0.25) is 0 Å². The smallest absolute Gasteiger partial charge is 0.253 e. The van der Waals surface area contributed by atoms with Crippen LogP contribution in [0.25, 0.3) is 5.78 Å². The van der Waals surface area contributed by atoms with Crippen molar-refractivity contribution in [3.63, 3.8) is 0 Å². The molecule has 2 aromatic rings. The molecular weight excluding hydrogens is 246 g/mol. The molecule has 0 N–H and O–H groups in total. The maximum absolute atomic E-state index is 4.41. The lowest BCUT2D eigenvalue weighted by molar-refractivity contribution is 0.224. The third-order valence-electron chi connectivity index (χ3n) is 3.27. The lowest BCUT2D eigenvalue weighted by Gasteiger charge is -2.29. The van der Waals surface area contributed by atoms with Crippen LogP contribution in [0, 0.1) is 5.92 Å². The Hall–Kier alpha value is -1.14. The van der Waals surface area contributed by atoms with Crippen LogP contribution in [-0.4, -0.2) is 50.4 Å². The number of hydrogen-bond donors (Lipinski definition) is 0. The van der Waals surface area contributed by atoms with E-state index in [-0.39, 0.29) is 0 Å². The van der Waals surface area contributed by atoms with E-state index in [1.165, 1.54) is 25.9 Å². The van der Waals surface area contributed by atoms with Crippen LogP contribution < -0.4 is 0 Å². The summed E-state index contributed by atoms with van der Waals surface area (Å²) in [6.07, 6.45) is 6.26. The highest BCUT2D eigenvalue weighted by atomic mass is 32.2. The molecule has 6 heteroatoms. The van der Waals surface area contributed by atoms with Crippen LogP contribution in [-0.2, 0) is 0 Å². The van der Waals surface area contributed by atoms with Crippen molar-refractivity contribution >= 4 is 17.5 Å². The van der Waals surface area contributed by atoms with Crippen LogP contribution in [0.3, 0.4) is 0 Å². The van der Waals surface area contributed by atoms with Crippen molar-refractivity contribution in [2.45, 2.75) is 18.0 Å². The fourth-order valence-corrected chi connectivity index (χ4v) is 3.33. The highest BCUT2D eigenvalue weighted by molar-refractivity contribution is 7.99. The lowest BCUT2D eigenvalue weighted by Crippen LogP contribution is -2.33. The molecular formula is C12H17N5S. The van der Waals surface area contributed by atoms with Gasteiger partial charge in [0.15, 0.2) is 0 Å². The third kappa shape index (κ3) is 2.64. The summed E-state index contributed by atoms with van der Waals surface area (Å²) in [7, 11) is 2.20. The van der Waals surface area contributed by atoms with Crippen molar-refractivity contribution in [2.24, 2.45) is 5.92 Å². The monoisotopic (exact) mass is 263 g/mol. The molecule has 0 spiro atoms. The molecule has 0 aliphatic carbocycles. The standard InChI is InChI=1S/C12H17N5S/c1-16-6-2-4-10(8-16)9-18-12-14-11-13-5-3-7-17(11)15-12/h3,5,7,10H,2,4,6,8-9H2,1H3. The first-order valence-electron chi connectivity index (χ1n) is 6.30. The normalized spacial score (nSPS) is 21.5. The molecule has 2 aromatic heterocycles. The van der Waals surface area contributed by atoms with E-state index in [1.807, 2.05) is 12.3 Å². The number of fused-ring (bicyclic) bond motifs is 1. The topological polar surface area (TPSA) is 46.3 Å². The average Bonchev–Trinajstić information content (AvgIpc) is 2.79. The van der Waals surface area contributed by atoms with Crippen molar-refractivity contribution in [3.8, 4) is 0 Å². The van der Waals surface area contributed by atoms with E-state index in [9.17, 15) is 0 Å². The number of nitrogens with zero attached hydrogens (tertiary/aromatic N) is 5. The van der Waals surface area contributed by atoms with Crippen LogP contribution >= 0.6 is 11.8 Å². The second-order valence-electron chi connectivity index (χ2n) is 4.84. The fourth-order valence-electron chi connectivity index (χ4n) is 2.38. The largest absolute Gasteiger partial charge is 0.306 e. The molecule has 3 rings (SSSR count). The van der Waals surface area contributed by atoms with Crippen LogP contribution in [0.1, 0.15) is 12.8 Å². The molecule has 1 unspecified atom stereocenters. The minimum atomic E-state index is 0.681. The van der Waals surface area contributed by atoms with Gasteiger partial charge in [0.1, 0.15) is 0 Å². The molecule has 0 amide bonds. The molecule has 0 aromatic carbocycles. The minimum Gasteiger partial charge on any atom is -0.306 e. The fraction of sp³-hybridized carbons (Fsp3) is 0.583. The number of rotatable bonds is 3. The van der Waals surface area contributed by atoms with E-state index >= 15 is 0 Å². The van der Waals surface area contributed by atoms with Gasteiger partial charge in [0.25, 0.3) is 5.78 Å². The predicted molar refractivity (Wildman–Crippen MR) is 71.7 cm³/mol. The summed E-state index contributed by atoms with van der Waals surface area (Å²) in [5.41, 5.74) is 0. The minimum absolute atomic E-state index is 0.681. The zero-order valence-electron chi connectivity index (χ0n) is 10.5. The SMILES string of the molecule is CN1CCCC(CSc2nc3ncccn3n2)C1. The van der Waals surface area contributed by atoms with Gasteiger partial charge in [0, 0.05) is 24.7 Å². The van der Waals surface area contributed by atoms with E-state index < -0.39 is 0 Å². The first-order valence-corrected chi connectivity index (χ1v) is 7.28. The molecule has 1 aliphatic rings. The molecule has 0 radical (unpaired) electrons. The Kier molecular flexibility index (Phi) is 3.47. The first-order chi connectivity index (χ1) is 8.81.